The van der Waals surface area contributed by atoms with Crippen molar-refractivity contribution in [3.8, 4) is 0 Å². The summed E-state index contributed by atoms with van der Waals surface area (Å²) in [7, 11) is 1.31. The van der Waals surface area contributed by atoms with Gasteiger partial charge in [-0.1, -0.05) is 0 Å². The number of benzene rings is 1. The molecule has 0 aliphatic carbocycles. The number of nitrogens with zero attached hydrogens (tertiary/aromatic N) is 2. The Labute approximate surface area is 171 Å². The summed E-state index contributed by atoms with van der Waals surface area (Å²) in [4.78, 5) is 42.7. The molecule has 1 aromatic carbocycles. The monoisotopic (exact) mass is 445 g/mol. The minimum Gasteiger partial charge on any atom is -0.465 e. The van der Waals surface area contributed by atoms with Crippen LogP contribution < -0.4 is 5.32 Å². The van der Waals surface area contributed by atoms with Crippen LogP contribution in [0.2, 0.25) is 0 Å². The van der Waals surface area contributed by atoms with E-state index in [1.165, 1.54) is 7.11 Å². The third kappa shape index (κ3) is 4.75. The number of carbonyl (C=O) groups excluding carboxylic acids is 3. The van der Waals surface area contributed by atoms with E-state index in [0.29, 0.717) is 36.5 Å². The van der Waals surface area contributed by atoms with E-state index in [9.17, 15) is 14.4 Å². The molecule has 1 fully saturated rings. The molecule has 2 amide bonds. The zero-order valence-corrected chi connectivity index (χ0v) is 16.9. The standard InChI is InChI=1S/C20H20BrN3O4/c1-28-20(27)14-6-4-13(5-7-14)19(26)24-10-2-3-15(12-24)18(25)23-17-9-8-16(21)11-22-17/h4-9,11,15H,2-3,10,12H2,1H3,(H,22,23,25)/t15-/m1/s1. The van der Waals surface area contributed by atoms with Crippen LogP contribution in [0.5, 0.6) is 0 Å². The number of rotatable bonds is 4. The van der Waals surface area contributed by atoms with Crippen LogP contribution in [0, 0.1) is 5.92 Å². The number of amides is 2. The molecule has 8 heteroatoms. The molecule has 0 bridgehead atoms. The summed E-state index contributed by atoms with van der Waals surface area (Å²) in [6, 6.07) is 9.85. The van der Waals surface area contributed by atoms with Gasteiger partial charge in [0.1, 0.15) is 5.82 Å². The molecule has 3 rings (SSSR count). The third-order valence-electron chi connectivity index (χ3n) is 4.61. The molecule has 2 heterocycles. The van der Waals surface area contributed by atoms with Crippen molar-refractivity contribution >= 4 is 39.5 Å². The maximum absolute atomic E-state index is 12.8. The normalized spacial score (nSPS) is 16.4. The highest BCUT2D eigenvalue weighted by Crippen LogP contribution is 2.21. The Morgan fingerprint density at radius 1 is 1.14 bits per heavy atom. The number of methoxy groups -OCH3 is 1. The molecule has 146 valence electrons. The summed E-state index contributed by atoms with van der Waals surface area (Å²) in [5.41, 5.74) is 0.861. The molecule has 1 aromatic heterocycles. The molecule has 0 saturated carbocycles. The average molecular weight is 446 g/mol. The highest BCUT2D eigenvalue weighted by Gasteiger charge is 2.29. The summed E-state index contributed by atoms with van der Waals surface area (Å²) in [5, 5.41) is 2.80. The zero-order chi connectivity index (χ0) is 20.1. The fourth-order valence-corrected chi connectivity index (χ4v) is 3.34. The molecule has 1 atom stereocenters. The van der Waals surface area contributed by atoms with Crippen molar-refractivity contribution in [3.63, 3.8) is 0 Å². The Morgan fingerprint density at radius 3 is 2.50 bits per heavy atom. The van der Waals surface area contributed by atoms with E-state index < -0.39 is 5.97 Å². The summed E-state index contributed by atoms with van der Waals surface area (Å²) in [6.45, 7) is 0.942. The largest absolute Gasteiger partial charge is 0.465 e. The van der Waals surface area contributed by atoms with Gasteiger partial charge in [0.2, 0.25) is 5.91 Å². The molecule has 28 heavy (non-hydrogen) atoms. The maximum Gasteiger partial charge on any atom is 0.337 e. The Balaban J connectivity index is 1.63. The zero-order valence-electron chi connectivity index (χ0n) is 15.4. The predicted molar refractivity (Wildman–Crippen MR) is 107 cm³/mol. The van der Waals surface area contributed by atoms with E-state index >= 15 is 0 Å². The van der Waals surface area contributed by atoms with Crippen LogP contribution in [0.15, 0.2) is 47.1 Å². The number of esters is 1. The van der Waals surface area contributed by atoms with Gasteiger partial charge in [-0.25, -0.2) is 9.78 Å². The second-order valence-corrected chi connectivity index (χ2v) is 7.43. The van der Waals surface area contributed by atoms with Gasteiger partial charge in [0, 0.05) is 29.3 Å². The third-order valence-corrected chi connectivity index (χ3v) is 5.08. The number of nitrogens with one attached hydrogen (secondary N) is 1. The van der Waals surface area contributed by atoms with Gasteiger partial charge in [-0.15, -0.1) is 0 Å². The van der Waals surface area contributed by atoms with Crippen molar-refractivity contribution in [2.75, 3.05) is 25.5 Å². The molecule has 0 spiro atoms. The molecule has 0 radical (unpaired) electrons. The lowest BCUT2D eigenvalue weighted by Gasteiger charge is -2.32. The van der Waals surface area contributed by atoms with Crippen molar-refractivity contribution in [2.45, 2.75) is 12.8 Å². The Morgan fingerprint density at radius 2 is 1.86 bits per heavy atom. The molecule has 1 aliphatic heterocycles. The second kappa shape index (κ2) is 8.97. The molecule has 1 saturated heterocycles. The lowest BCUT2D eigenvalue weighted by Crippen LogP contribution is -2.43. The van der Waals surface area contributed by atoms with E-state index in [4.69, 9.17) is 0 Å². The minimum atomic E-state index is -0.449. The van der Waals surface area contributed by atoms with Crippen LogP contribution in [0.1, 0.15) is 33.6 Å². The topological polar surface area (TPSA) is 88.6 Å². The molecule has 2 aromatic rings. The van der Waals surface area contributed by atoms with Crippen LogP contribution in [0.3, 0.4) is 0 Å². The number of likely N-dealkylation sites (tertiary alicyclic amines) is 1. The van der Waals surface area contributed by atoms with Crippen molar-refractivity contribution in [3.05, 3.63) is 58.2 Å². The van der Waals surface area contributed by atoms with Gasteiger partial charge in [0.25, 0.3) is 5.91 Å². The van der Waals surface area contributed by atoms with Gasteiger partial charge in [-0.2, -0.15) is 0 Å². The second-order valence-electron chi connectivity index (χ2n) is 6.51. The van der Waals surface area contributed by atoms with Crippen molar-refractivity contribution in [1.82, 2.24) is 9.88 Å². The fraction of sp³-hybridized carbons (Fsp3) is 0.300. The Bertz CT molecular complexity index is 868. The van der Waals surface area contributed by atoms with Gasteiger partial charge in [0.15, 0.2) is 0 Å². The maximum atomic E-state index is 12.8. The number of anilines is 1. The fourth-order valence-electron chi connectivity index (χ4n) is 3.10. The molecule has 7 nitrogen and oxygen atoms in total. The molecular weight excluding hydrogens is 426 g/mol. The number of carbonyl (C=O) groups is 3. The number of hydrogen-bond acceptors (Lipinski definition) is 5. The number of ether oxygens (including phenoxy) is 1. The predicted octanol–water partition coefficient (Wildman–Crippen LogP) is 3.12. The summed E-state index contributed by atoms with van der Waals surface area (Å²) in [5.74, 6) is -0.563. The number of aromatic nitrogens is 1. The number of piperidine rings is 1. The SMILES string of the molecule is COC(=O)c1ccc(C(=O)N2CCC[C@@H](C(=O)Nc3ccc(Br)cn3)C2)cc1. The van der Waals surface area contributed by atoms with Crippen LogP contribution in [-0.2, 0) is 9.53 Å². The van der Waals surface area contributed by atoms with Crippen molar-refractivity contribution < 1.29 is 19.1 Å². The van der Waals surface area contributed by atoms with Gasteiger partial charge >= 0.3 is 5.97 Å². The van der Waals surface area contributed by atoms with E-state index in [0.717, 1.165) is 10.9 Å². The quantitative estimate of drug-likeness (QED) is 0.730. The molecule has 0 unspecified atom stereocenters. The first-order chi connectivity index (χ1) is 13.5. The summed E-state index contributed by atoms with van der Waals surface area (Å²) in [6.07, 6.45) is 3.08. The summed E-state index contributed by atoms with van der Waals surface area (Å²) < 4.78 is 5.49. The van der Waals surface area contributed by atoms with Crippen molar-refractivity contribution in [1.29, 1.82) is 0 Å². The number of pyridine rings is 1. The summed E-state index contributed by atoms with van der Waals surface area (Å²) >= 11 is 3.31. The Kier molecular flexibility index (Phi) is 6.41. The van der Waals surface area contributed by atoms with Gasteiger partial charge < -0.3 is 15.0 Å². The van der Waals surface area contributed by atoms with E-state index in [1.54, 1.807) is 47.5 Å². The van der Waals surface area contributed by atoms with E-state index in [1.807, 2.05) is 0 Å². The minimum absolute atomic E-state index is 0.145. The number of hydrogen-bond donors (Lipinski definition) is 1. The van der Waals surface area contributed by atoms with E-state index in [-0.39, 0.29) is 17.7 Å². The first-order valence-electron chi connectivity index (χ1n) is 8.88. The molecule has 1 N–H and O–H groups in total. The van der Waals surface area contributed by atoms with Crippen LogP contribution in [0.4, 0.5) is 5.82 Å². The molecular formula is C20H20BrN3O4. The van der Waals surface area contributed by atoms with E-state index in [2.05, 4.69) is 31.0 Å². The Hall–Kier alpha value is -2.74. The van der Waals surface area contributed by atoms with Gasteiger partial charge in [0.05, 0.1) is 18.6 Å². The van der Waals surface area contributed by atoms with Crippen LogP contribution in [-0.4, -0.2) is 47.9 Å². The van der Waals surface area contributed by atoms with Gasteiger partial charge in [-0.05, 0) is 65.2 Å². The van der Waals surface area contributed by atoms with Crippen LogP contribution in [0.25, 0.3) is 0 Å². The highest BCUT2D eigenvalue weighted by atomic mass is 79.9. The lowest BCUT2D eigenvalue weighted by molar-refractivity contribution is -0.121. The van der Waals surface area contributed by atoms with Crippen molar-refractivity contribution in [2.24, 2.45) is 5.92 Å². The molecule has 1 aliphatic rings. The highest BCUT2D eigenvalue weighted by molar-refractivity contribution is 9.10. The van der Waals surface area contributed by atoms with Crippen LogP contribution >= 0.6 is 15.9 Å². The smallest absolute Gasteiger partial charge is 0.337 e. The lowest BCUT2D eigenvalue weighted by atomic mass is 9.96. The van der Waals surface area contributed by atoms with Gasteiger partial charge in [-0.3, -0.25) is 9.59 Å². The number of halogens is 1. The first kappa shape index (κ1) is 20.0. The average Bonchev–Trinajstić information content (AvgIpc) is 2.74. The first-order valence-corrected chi connectivity index (χ1v) is 9.67.